The van der Waals surface area contributed by atoms with E-state index in [0.717, 1.165) is 18.9 Å². The number of rotatable bonds is 5. The zero-order chi connectivity index (χ0) is 11.4. The average molecular weight is 220 g/mol. The largest absolute Gasteiger partial charge is 0.372 e. The van der Waals surface area contributed by atoms with Gasteiger partial charge in [0.15, 0.2) is 0 Å². The highest BCUT2D eigenvalue weighted by Crippen LogP contribution is 2.31. The van der Waals surface area contributed by atoms with E-state index in [2.05, 4.69) is 20.6 Å². The summed E-state index contributed by atoms with van der Waals surface area (Å²) in [5.74, 6) is 1.35. The van der Waals surface area contributed by atoms with Crippen molar-refractivity contribution < 1.29 is 4.79 Å². The van der Waals surface area contributed by atoms with Crippen molar-refractivity contribution in [2.45, 2.75) is 19.3 Å². The van der Waals surface area contributed by atoms with E-state index in [0.29, 0.717) is 11.5 Å². The lowest BCUT2D eigenvalue weighted by Gasteiger charge is -2.04. The number of carbonyl (C=O) groups is 1. The van der Waals surface area contributed by atoms with Gasteiger partial charge in [0.05, 0.1) is 12.4 Å². The van der Waals surface area contributed by atoms with Crippen LogP contribution in [0.1, 0.15) is 29.8 Å². The first kappa shape index (κ1) is 10.9. The van der Waals surface area contributed by atoms with Gasteiger partial charge in [-0.3, -0.25) is 4.79 Å². The molecule has 2 rings (SSSR count). The molecule has 1 aromatic rings. The van der Waals surface area contributed by atoms with Crippen LogP contribution < -0.4 is 10.6 Å². The van der Waals surface area contributed by atoms with Gasteiger partial charge in [0.25, 0.3) is 5.91 Å². The third-order valence-electron chi connectivity index (χ3n) is 2.68. The average Bonchev–Trinajstić information content (AvgIpc) is 3.13. The topological polar surface area (TPSA) is 66.9 Å². The van der Waals surface area contributed by atoms with Gasteiger partial charge in [-0.2, -0.15) is 0 Å². The molecule has 1 fully saturated rings. The maximum atomic E-state index is 11.6. The summed E-state index contributed by atoms with van der Waals surface area (Å²) in [5.41, 5.74) is 0.370. The van der Waals surface area contributed by atoms with Crippen LogP contribution in [-0.4, -0.2) is 29.5 Å². The fourth-order valence-corrected chi connectivity index (χ4v) is 1.46. The fourth-order valence-electron chi connectivity index (χ4n) is 1.46. The quantitative estimate of drug-likeness (QED) is 0.778. The van der Waals surface area contributed by atoms with Gasteiger partial charge in [-0.15, -0.1) is 0 Å². The van der Waals surface area contributed by atoms with Crippen LogP contribution in [0.3, 0.4) is 0 Å². The van der Waals surface area contributed by atoms with E-state index in [-0.39, 0.29) is 5.91 Å². The summed E-state index contributed by atoms with van der Waals surface area (Å²) in [6.45, 7) is 0.735. The Morgan fingerprint density at radius 1 is 1.44 bits per heavy atom. The summed E-state index contributed by atoms with van der Waals surface area (Å²) in [6, 6.07) is 0. The van der Waals surface area contributed by atoms with Crippen molar-refractivity contribution >= 4 is 11.7 Å². The molecule has 0 unspecified atom stereocenters. The molecule has 0 saturated heterocycles. The minimum absolute atomic E-state index is 0.143. The number of carbonyl (C=O) groups excluding carboxylic acids is 1. The summed E-state index contributed by atoms with van der Waals surface area (Å²) in [5, 5.41) is 5.70. The van der Waals surface area contributed by atoms with E-state index in [1.807, 2.05) is 0 Å². The first-order valence-electron chi connectivity index (χ1n) is 5.57. The van der Waals surface area contributed by atoms with Crippen molar-refractivity contribution in [1.82, 2.24) is 15.3 Å². The number of nitrogens with one attached hydrogen (secondary N) is 2. The van der Waals surface area contributed by atoms with Crippen molar-refractivity contribution in [3.8, 4) is 0 Å². The van der Waals surface area contributed by atoms with Crippen LogP contribution >= 0.6 is 0 Å². The SMILES string of the molecule is CNc1cnc(C(=O)NCCC2CC2)cn1. The molecular weight excluding hydrogens is 204 g/mol. The van der Waals surface area contributed by atoms with Crippen LogP contribution in [-0.2, 0) is 0 Å². The molecule has 86 valence electrons. The molecule has 5 heteroatoms. The van der Waals surface area contributed by atoms with Crippen LogP contribution in [0.4, 0.5) is 5.82 Å². The molecule has 1 aliphatic carbocycles. The van der Waals surface area contributed by atoms with Gasteiger partial charge in [0, 0.05) is 13.6 Å². The molecule has 0 aliphatic heterocycles. The molecule has 1 saturated carbocycles. The second-order valence-corrected chi connectivity index (χ2v) is 4.02. The smallest absolute Gasteiger partial charge is 0.271 e. The van der Waals surface area contributed by atoms with Gasteiger partial charge in [-0.25, -0.2) is 9.97 Å². The van der Waals surface area contributed by atoms with Gasteiger partial charge in [0.1, 0.15) is 11.5 Å². The molecule has 0 radical (unpaired) electrons. The van der Waals surface area contributed by atoms with Crippen LogP contribution in [0.2, 0.25) is 0 Å². The van der Waals surface area contributed by atoms with E-state index < -0.39 is 0 Å². The molecule has 0 bridgehead atoms. The number of hydrogen-bond acceptors (Lipinski definition) is 4. The maximum Gasteiger partial charge on any atom is 0.271 e. The van der Waals surface area contributed by atoms with Crippen molar-refractivity contribution in [3.05, 3.63) is 18.1 Å². The zero-order valence-corrected chi connectivity index (χ0v) is 9.36. The highest BCUT2D eigenvalue weighted by molar-refractivity contribution is 5.91. The Kier molecular flexibility index (Phi) is 3.34. The Morgan fingerprint density at radius 3 is 2.81 bits per heavy atom. The van der Waals surface area contributed by atoms with E-state index in [9.17, 15) is 4.79 Å². The minimum atomic E-state index is -0.143. The van der Waals surface area contributed by atoms with Gasteiger partial charge in [-0.05, 0) is 12.3 Å². The Balaban J connectivity index is 1.81. The lowest BCUT2D eigenvalue weighted by molar-refractivity contribution is 0.0947. The number of nitrogens with zero attached hydrogens (tertiary/aromatic N) is 2. The van der Waals surface area contributed by atoms with Crippen molar-refractivity contribution in [3.63, 3.8) is 0 Å². The molecule has 2 N–H and O–H groups in total. The first-order valence-corrected chi connectivity index (χ1v) is 5.57. The Morgan fingerprint density at radius 2 is 2.25 bits per heavy atom. The molecule has 1 amide bonds. The molecule has 16 heavy (non-hydrogen) atoms. The standard InChI is InChI=1S/C11H16N4O/c1-12-10-7-14-9(6-15-10)11(16)13-5-4-8-2-3-8/h6-8H,2-5H2,1H3,(H,12,15)(H,13,16). The van der Waals surface area contributed by atoms with Crippen LogP contribution in [0.15, 0.2) is 12.4 Å². The van der Waals surface area contributed by atoms with E-state index in [4.69, 9.17) is 0 Å². The summed E-state index contributed by atoms with van der Waals surface area (Å²) in [6.07, 6.45) is 6.74. The highest BCUT2D eigenvalue weighted by atomic mass is 16.1. The summed E-state index contributed by atoms with van der Waals surface area (Å²) < 4.78 is 0. The third-order valence-corrected chi connectivity index (χ3v) is 2.68. The zero-order valence-electron chi connectivity index (χ0n) is 9.36. The van der Waals surface area contributed by atoms with Gasteiger partial charge >= 0.3 is 0 Å². The van der Waals surface area contributed by atoms with Gasteiger partial charge < -0.3 is 10.6 Å². The summed E-state index contributed by atoms with van der Waals surface area (Å²) in [4.78, 5) is 19.7. The van der Waals surface area contributed by atoms with Crippen molar-refractivity contribution in [2.75, 3.05) is 18.9 Å². The molecule has 1 aromatic heterocycles. The van der Waals surface area contributed by atoms with Crippen LogP contribution in [0.25, 0.3) is 0 Å². The molecule has 1 aliphatic rings. The summed E-state index contributed by atoms with van der Waals surface area (Å²) >= 11 is 0. The van der Waals surface area contributed by atoms with Crippen molar-refractivity contribution in [1.29, 1.82) is 0 Å². The maximum absolute atomic E-state index is 11.6. The second-order valence-electron chi connectivity index (χ2n) is 4.02. The Labute approximate surface area is 94.7 Å². The number of amides is 1. The molecular formula is C11H16N4O. The molecule has 0 aromatic carbocycles. The van der Waals surface area contributed by atoms with Gasteiger partial charge in [-0.1, -0.05) is 12.8 Å². The number of aromatic nitrogens is 2. The highest BCUT2D eigenvalue weighted by Gasteiger charge is 2.20. The monoisotopic (exact) mass is 220 g/mol. The van der Waals surface area contributed by atoms with Crippen LogP contribution in [0, 0.1) is 5.92 Å². The normalized spacial score (nSPS) is 14.6. The van der Waals surface area contributed by atoms with Crippen molar-refractivity contribution in [2.24, 2.45) is 5.92 Å². The van der Waals surface area contributed by atoms with E-state index in [1.54, 1.807) is 13.2 Å². The predicted molar refractivity (Wildman–Crippen MR) is 61.3 cm³/mol. The predicted octanol–water partition coefficient (Wildman–Crippen LogP) is 1.05. The molecule has 1 heterocycles. The third kappa shape index (κ3) is 2.92. The van der Waals surface area contributed by atoms with E-state index in [1.165, 1.54) is 19.0 Å². The fraction of sp³-hybridized carbons (Fsp3) is 0.545. The molecule has 0 spiro atoms. The van der Waals surface area contributed by atoms with Crippen LogP contribution in [0.5, 0.6) is 0 Å². The Hall–Kier alpha value is -1.65. The molecule has 5 nitrogen and oxygen atoms in total. The molecule has 0 atom stereocenters. The lowest BCUT2D eigenvalue weighted by atomic mass is 10.3. The first-order chi connectivity index (χ1) is 7.79. The second kappa shape index (κ2) is 4.92. The summed E-state index contributed by atoms with van der Waals surface area (Å²) in [7, 11) is 1.76. The number of anilines is 1. The van der Waals surface area contributed by atoms with E-state index >= 15 is 0 Å². The van der Waals surface area contributed by atoms with Gasteiger partial charge in [0.2, 0.25) is 0 Å². The lowest BCUT2D eigenvalue weighted by Crippen LogP contribution is -2.25. The number of hydrogen-bond donors (Lipinski definition) is 2. The minimum Gasteiger partial charge on any atom is -0.372 e. The Bertz CT molecular complexity index is 359.